The first-order chi connectivity index (χ1) is 8.31. The van der Waals surface area contributed by atoms with Gasteiger partial charge in [-0.1, -0.05) is 31.4 Å². The SMILES string of the molecule is COC(=O)CCCCCCCC=CCCC#N. The van der Waals surface area contributed by atoms with Gasteiger partial charge in [0.25, 0.3) is 0 Å². The number of nitriles is 1. The van der Waals surface area contributed by atoms with Crippen molar-refractivity contribution < 1.29 is 9.53 Å². The minimum atomic E-state index is -0.106. The summed E-state index contributed by atoms with van der Waals surface area (Å²) in [6, 6.07) is 2.12. The van der Waals surface area contributed by atoms with Gasteiger partial charge >= 0.3 is 5.97 Å². The molecule has 0 aromatic carbocycles. The van der Waals surface area contributed by atoms with Crippen molar-refractivity contribution in [3.05, 3.63) is 12.2 Å². The summed E-state index contributed by atoms with van der Waals surface area (Å²) in [5.74, 6) is -0.106. The summed E-state index contributed by atoms with van der Waals surface area (Å²) in [6.07, 6.45) is 13.0. The van der Waals surface area contributed by atoms with E-state index in [9.17, 15) is 4.79 Å². The van der Waals surface area contributed by atoms with Gasteiger partial charge in [0.2, 0.25) is 0 Å². The normalized spacial score (nSPS) is 10.4. The number of nitrogens with zero attached hydrogens (tertiary/aromatic N) is 1. The van der Waals surface area contributed by atoms with Crippen molar-refractivity contribution in [1.29, 1.82) is 5.26 Å². The molecular formula is C14H23NO2. The van der Waals surface area contributed by atoms with Gasteiger partial charge in [0.1, 0.15) is 0 Å². The number of allylic oxidation sites excluding steroid dienone is 2. The molecule has 0 saturated heterocycles. The van der Waals surface area contributed by atoms with E-state index in [1.165, 1.54) is 26.4 Å². The van der Waals surface area contributed by atoms with Crippen molar-refractivity contribution in [1.82, 2.24) is 0 Å². The molecule has 0 saturated carbocycles. The fourth-order valence-corrected chi connectivity index (χ4v) is 1.55. The Morgan fingerprint density at radius 3 is 2.47 bits per heavy atom. The zero-order valence-corrected chi connectivity index (χ0v) is 10.8. The number of ether oxygens (including phenoxy) is 1. The van der Waals surface area contributed by atoms with Gasteiger partial charge in [-0.2, -0.15) is 5.26 Å². The molecule has 0 bridgehead atoms. The summed E-state index contributed by atoms with van der Waals surface area (Å²) < 4.78 is 4.57. The number of hydrogen-bond donors (Lipinski definition) is 0. The third-order valence-electron chi connectivity index (χ3n) is 2.57. The molecule has 0 aliphatic heterocycles. The zero-order chi connectivity index (χ0) is 12.8. The van der Waals surface area contributed by atoms with E-state index in [1.807, 2.05) is 0 Å². The molecule has 0 atom stereocenters. The summed E-state index contributed by atoms with van der Waals surface area (Å²) in [5.41, 5.74) is 0. The number of carbonyl (C=O) groups is 1. The number of esters is 1. The van der Waals surface area contributed by atoms with E-state index in [0.29, 0.717) is 12.8 Å². The van der Waals surface area contributed by atoms with Crippen LogP contribution in [0.15, 0.2) is 12.2 Å². The zero-order valence-electron chi connectivity index (χ0n) is 10.8. The maximum Gasteiger partial charge on any atom is 0.305 e. The van der Waals surface area contributed by atoms with E-state index in [0.717, 1.165) is 25.7 Å². The van der Waals surface area contributed by atoms with Crippen molar-refractivity contribution in [3.63, 3.8) is 0 Å². The standard InChI is InChI=1S/C14H23NO2/c1-17-14(16)12-10-8-6-4-2-3-5-7-9-11-13-15/h5,7H,2-4,6,8-12H2,1H3. The largest absolute Gasteiger partial charge is 0.469 e. The van der Waals surface area contributed by atoms with Crippen LogP contribution >= 0.6 is 0 Å². The summed E-state index contributed by atoms with van der Waals surface area (Å²) in [5, 5.41) is 8.33. The lowest BCUT2D eigenvalue weighted by Gasteiger charge is -1.99. The molecule has 0 N–H and O–H groups in total. The Kier molecular flexibility index (Phi) is 11.8. The highest BCUT2D eigenvalue weighted by molar-refractivity contribution is 5.68. The Bertz CT molecular complexity index is 253. The minimum Gasteiger partial charge on any atom is -0.469 e. The molecule has 0 aliphatic carbocycles. The molecule has 0 aromatic rings. The van der Waals surface area contributed by atoms with Crippen LogP contribution in [0.1, 0.15) is 57.8 Å². The van der Waals surface area contributed by atoms with Crippen molar-refractivity contribution >= 4 is 5.97 Å². The van der Waals surface area contributed by atoms with E-state index in [1.54, 1.807) is 0 Å². The highest BCUT2D eigenvalue weighted by Gasteiger charge is 1.98. The highest BCUT2D eigenvalue weighted by atomic mass is 16.5. The van der Waals surface area contributed by atoms with Crippen LogP contribution in [0.5, 0.6) is 0 Å². The Morgan fingerprint density at radius 1 is 1.12 bits per heavy atom. The average molecular weight is 237 g/mol. The molecule has 96 valence electrons. The van der Waals surface area contributed by atoms with Gasteiger partial charge in [0.05, 0.1) is 13.2 Å². The summed E-state index contributed by atoms with van der Waals surface area (Å²) >= 11 is 0. The Hall–Kier alpha value is -1.30. The Balaban J connectivity index is 3.11. The number of methoxy groups -OCH3 is 1. The quantitative estimate of drug-likeness (QED) is 0.330. The lowest BCUT2D eigenvalue weighted by molar-refractivity contribution is -0.140. The molecule has 0 amide bonds. The fourth-order valence-electron chi connectivity index (χ4n) is 1.55. The molecule has 3 heteroatoms. The van der Waals surface area contributed by atoms with Gasteiger partial charge in [0.15, 0.2) is 0 Å². The summed E-state index contributed by atoms with van der Waals surface area (Å²) in [4.78, 5) is 10.8. The van der Waals surface area contributed by atoms with E-state index < -0.39 is 0 Å². The number of unbranched alkanes of at least 4 members (excludes halogenated alkanes) is 6. The second kappa shape index (κ2) is 12.8. The Morgan fingerprint density at radius 2 is 1.76 bits per heavy atom. The van der Waals surface area contributed by atoms with Crippen LogP contribution in [0.3, 0.4) is 0 Å². The Labute approximate surface area is 104 Å². The van der Waals surface area contributed by atoms with Crippen molar-refractivity contribution in [2.75, 3.05) is 7.11 Å². The third-order valence-corrected chi connectivity index (χ3v) is 2.57. The molecule has 0 heterocycles. The maximum absolute atomic E-state index is 10.8. The molecule has 0 aromatic heterocycles. The summed E-state index contributed by atoms with van der Waals surface area (Å²) in [6.45, 7) is 0. The lowest BCUT2D eigenvalue weighted by Crippen LogP contribution is -1.98. The second-order valence-corrected chi connectivity index (χ2v) is 4.05. The number of hydrogen-bond acceptors (Lipinski definition) is 3. The van der Waals surface area contributed by atoms with Crippen LogP contribution in [0, 0.1) is 11.3 Å². The van der Waals surface area contributed by atoms with Crippen LogP contribution in [0.2, 0.25) is 0 Å². The van der Waals surface area contributed by atoms with Crippen LogP contribution in [-0.4, -0.2) is 13.1 Å². The number of carbonyl (C=O) groups excluding carboxylic acids is 1. The molecule has 0 aliphatic rings. The third kappa shape index (κ3) is 12.6. The molecule has 0 unspecified atom stereocenters. The van der Waals surface area contributed by atoms with Gasteiger partial charge in [-0.15, -0.1) is 0 Å². The van der Waals surface area contributed by atoms with Gasteiger partial charge in [0, 0.05) is 12.8 Å². The predicted molar refractivity (Wildman–Crippen MR) is 68.3 cm³/mol. The van der Waals surface area contributed by atoms with Crippen molar-refractivity contribution in [2.45, 2.75) is 57.8 Å². The van der Waals surface area contributed by atoms with E-state index in [2.05, 4.69) is 23.0 Å². The fraction of sp³-hybridized carbons (Fsp3) is 0.714. The lowest BCUT2D eigenvalue weighted by atomic mass is 10.1. The molecular weight excluding hydrogens is 214 g/mol. The number of rotatable bonds is 10. The first-order valence-electron chi connectivity index (χ1n) is 6.40. The molecule has 3 nitrogen and oxygen atoms in total. The maximum atomic E-state index is 10.8. The minimum absolute atomic E-state index is 0.106. The van der Waals surface area contributed by atoms with E-state index in [-0.39, 0.29) is 5.97 Å². The van der Waals surface area contributed by atoms with E-state index in [4.69, 9.17) is 5.26 Å². The molecule has 0 fully saturated rings. The van der Waals surface area contributed by atoms with Crippen LogP contribution in [0.25, 0.3) is 0 Å². The van der Waals surface area contributed by atoms with Crippen molar-refractivity contribution in [3.8, 4) is 6.07 Å². The van der Waals surface area contributed by atoms with Crippen LogP contribution < -0.4 is 0 Å². The summed E-state index contributed by atoms with van der Waals surface area (Å²) in [7, 11) is 1.43. The van der Waals surface area contributed by atoms with Gasteiger partial charge < -0.3 is 4.74 Å². The first-order valence-corrected chi connectivity index (χ1v) is 6.40. The average Bonchev–Trinajstić information content (AvgIpc) is 2.35. The van der Waals surface area contributed by atoms with Gasteiger partial charge in [-0.25, -0.2) is 0 Å². The smallest absolute Gasteiger partial charge is 0.305 e. The molecule has 17 heavy (non-hydrogen) atoms. The van der Waals surface area contributed by atoms with Crippen LogP contribution in [-0.2, 0) is 9.53 Å². The highest BCUT2D eigenvalue weighted by Crippen LogP contribution is 2.08. The molecule has 0 spiro atoms. The molecule has 0 rings (SSSR count). The topological polar surface area (TPSA) is 50.1 Å². The monoisotopic (exact) mass is 237 g/mol. The second-order valence-electron chi connectivity index (χ2n) is 4.05. The van der Waals surface area contributed by atoms with Gasteiger partial charge in [-0.3, -0.25) is 4.79 Å². The van der Waals surface area contributed by atoms with Gasteiger partial charge in [-0.05, 0) is 25.7 Å². The molecule has 0 radical (unpaired) electrons. The van der Waals surface area contributed by atoms with Crippen LogP contribution in [0.4, 0.5) is 0 Å². The predicted octanol–water partition coefficient (Wildman–Crippen LogP) is 3.75. The van der Waals surface area contributed by atoms with Crippen molar-refractivity contribution in [2.24, 2.45) is 0 Å². The van der Waals surface area contributed by atoms with E-state index >= 15 is 0 Å². The first kappa shape index (κ1) is 15.7.